The lowest BCUT2D eigenvalue weighted by molar-refractivity contribution is -0.117. The van der Waals surface area contributed by atoms with Gasteiger partial charge in [-0.3, -0.25) is 9.59 Å². The van der Waals surface area contributed by atoms with E-state index in [2.05, 4.69) is 10.6 Å². The van der Waals surface area contributed by atoms with E-state index in [1.807, 2.05) is 24.3 Å². The first-order valence-corrected chi connectivity index (χ1v) is 11.9. The molecule has 0 saturated heterocycles. The van der Waals surface area contributed by atoms with Gasteiger partial charge in [-0.05, 0) is 48.0 Å². The Bertz CT molecular complexity index is 1150. The summed E-state index contributed by atoms with van der Waals surface area (Å²) >= 11 is 7.68. The predicted molar refractivity (Wildman–Crippen MR) is 134 cm³/mol. The lowest BCUT2D eigenvalue weighted by Gasteiger charge is -2.12. The van der Waals surface area contributed by atoms with Crippen LogP contribution in [0.5, 0.6) is 11.5 Å². The van der Waals surface area contributed by atoms with Gasteiger partial charge >= 0.3 is 0 Å². The molecule has 2 aromatic carbocycles. The molecule has 0 aliphatic carbocycles. The number of benzene rings is 2. The second-order valence-electron chi connectivity index (χ2n) is 7.04. The summed E-state index contributed by atoms with van der Waals surface area (Å²) < 4.78 is 15.8. The van der Waals surface area contributed by atoms with Gasteiger partial charge in [0.05, 0.1) is 20.5 Å². The van der Waals surface area contributed by atoms with Crippen LogP contribution in [-0.2, 0) is 10.5 Å². The van der Waals surface area contributed by atoms with Gasteiger partial charge in [-0.25, -0.2) is 0 Å². The molecule has 0 unspecified atom stereocenters. The van der Waals surface area contributed by atoms with E-state index >= 15 is 0 Å². The maximum absolute atomic E-state index is 12.8. The highest BCUT2D eigenvalue weighted by Crippen LogP contribution is 2.27. The smallest absolute Gasteiger partial charge is 0.267 e. The predicted octanol–water partition coefficient (Wildman–Crippen LogP) is 4.77. The van der Waals surface area contributed by atoms with Crippen molar-refractivity contribution >= 4 is 41.3 Å². The number of rotatable bonds is 11. The molecular formula is C25H25ClN2O5S. The van der Waals surface area contributed by atoms with Crippen molar-refractivity contribution in [1.29, 1.82) is 0 Å². The number of methoxy groups -OCH3 is 2. The van der Waals surface area contributed by atoms with Gasteiger partial charge in [-0.2, -0.15) is 11.8 Å². The fourth-order valence-electron chi connectivity index (χ4n) is 2.99. The molecule has 178 valence electrons. The van der Waals surface area contributed by atoms with Crippen LogP contribution in [0.3, 0.4) is 0 Å². The lowest BCUT2D eigenvalue weighted by atomic mass is 10.1. The molecule has 9 heteroatoms. The van der Waals surface area contributed by atoms with Crippen LogP contribution < -0.4 is 20.1 Å². The number of nitrogens with one attached hydrogen (secondary N) is 2. The Morgan fingerprint density at radius 2 is 1.88 bits per heavy atom. The third kappa shape index (κ3) is 7.33. The fourth-order valence-corrected chi connectivity index (χ4v) is 4.01. The highest BCUT2D eigenvalue weighted by atomic mass is 35.5. The lowest BCUT2D eigenvalue weighted by Crippen LogP contribution is -2.35. The van der Waals surface area contributed by atoms with E-state index < -0.39 is 11.8 Å². The summed E-state index contributed by atoms with van der Waals surface area (Å²) in [6, 6.07) is 15.8. The van der Waals surface area contributed by atoms with Crippen LogP contribution in [0.15, 0.2) is 71.0 Å². The number of hydrogen-bond donors (Lipinski definition) is 2. The Kier molecular flexibility index (Phi) is 9.49. The summed E-state index contributed by atoms with van der Waals surface area (Å²) in [5.74, 6) is 1.93. The molecule has 0 aliphatic heterocycles. The maximum Gasteiger partial charge on any atom is 0.267 e. The third-order valence-corrected chi connectivity index (χ3v) is 5.92. The van der Waals surface area contributed by atoms with Crippen LogP contribution in [0.4, 0.5) is 0 Å². The molecule has 0 bridgehead atoms. The van der Waals surface area contributed by atoms with Crippen molar-refractivity contribution in [2.45, 2.75) is 5.75 Å². The van der Waals surface area contributed by atoms with Gasteiger partial charge in [0.25, 0.3) is 11.8 Å². The van der Waals surface area contributed by atoms with E-state index in [1.165, 1.54) is 26.6 Å². The second-order valence-corrected chi connectivity index (χ2v) is 8.58. The first-order valence-electron chi connectivity index (χ1n) is 10.4. The number of hydrogen-bond acceptors (Lipinski definition) is 6. The molecule has 1 heterocycles. The SMILES string of the molecule is COc1ccc(C(=O)N/C(=C\c2ccco2)C(=O)NCCSCc2cccc(Cl)c2)cc1OC. The molecule has 0 saturated carbocycles. The van der Waals surface area contributed by atoms with Crippen molar-refractivity contribution < 1.29 is 23.5 Å². The molecular weight excluding hydrogens is 476 g/mol. The van der Waals surface area contributed by atoms with Crippen molar-refractivity contribution in [3.8, 4) is 11.5 Å². The molecule has 3 aromatic rings. The monoisotopic (exact) mass is 500 g/mol. The summed E-state index contributed by atoms with van der Waals surface area (Å²) in [7, 11) is 3.00. The molecule has 1 aromatic heterocycles. The minimum absolute atomic E-state index is 0.0644. The first-order chi connectivity index (χ1) is 16.5. The minimum Gasteiger partial charge on any atom is -0.493 e. The van der Waals surface area contributed by atoms with Crippen molar-refractivity contribution in [2.24, 2.45) is 0 Å². The van der Waals surface area contributed by atoms with E-state index in [4.69, 9.17) is 25.5 Å². The van der Waals surface area contributed by atoms with E-state index in [9.17, 15) is 9.59 Å². The van der Waals surface area contributed by atoms with Crippen LogP contribution in [0.1, 0.15) is 21.7 Å². The molecule has 0 atom stereocenters. The molecule has 34 heavy (non-hydrogen) atoms. The van der Waals surface area contributed by atoms with E-state index in [-0.39, 0.29) is 5.70 Å². The van der Waals surface area contributed by atoms with Gasteiger partial charge in [0.15, 0.2) is 11.5 Å². The Morgan fingerprint density at radius 3 is 2.59 bits per heavy atom. The van der Waals surface area contributed by atoms with Gasteiger partial charge < -0.3 is 24.5 Å². The first kappa shape index (κ1) is 25.3. The van der Waals surface area contributed by atoms with Crippen LogP contribution in [0.2, 0.25) is 5.02 Å². The average molecular weight is 501 g/mol. The molecule has 0 radical (unpaired) electrons. The molecule has 0 spiro atoms. The fraction of sp³-hybridized carbons (Fsp3) is 0.200. The molecule has 0 aliphatic rings. The van der Waals surface area contributed by atoms with Crippen molar-refractivity contribution in [2.75, 3.05) is 26.5 Å². The van der Waals surface area contributed by atoms with Gasteiger partial charge in [0, 0.05) is 34.7 Å². The Hall–Kier alpha value is -3.36. The maximum atomic E-state index is 12.8. The number of carbonyl (C=O) groups excluding carboxylic acids is 2. The third-order valence-electron chi connectivity index (χ3n) is 4.66. The number of halogens is 1. The van der Waals surface area contributed by atoms with E-state index in [1.54, 1.807) is 42.1 Å². The number of carbonyl (C=O) groups is 2. The van der Waals surface area contributed by atoms with Crippen LogP contribution in [0.25, 0.3) is 6.08 Å². The summed E-state index contributed by atoms with van der Waals surface area (Å²) in [6.45, 7) is 0.422. The zero-order chi connectivity index (χ0) is 24.3. The quantitative estimate of drug-likeness (QED) is 0.291. The van der Waals surface area contributed by atoms with Crippen molar-refractivity contribution in [3.63, 3.8) is 0 Å². The summed E-state index contributed by atoms with van der Waals surface area (Å²) in [6.07, 6.45) is 2.97. The van der Waals surface area contributed by atoms with E-state index in [0.29, 0.717) is 40.1 Å². The normalized spacial score (nSPS) is 11.1. The van der Waals surface area contributed by atoms with Crippen LogP contribution >= 0.6 is 23.4 Å². The molecule has 2 N–H and O–H groups in total. The number of ether oxygens (including phenoxy) is 2. The Morgan fingerprint density at radius 1 is 1.06 bits per heavy atom. The Labute approximate surface area is 207 Å². The highest BCUT2D eigenvalue weighted by molar-refractivity contribution is 7.98. The molecule has 0 fully saturated rings. The van der Waals surface area contributed by atoms with Gasteiger partial charge in [-0.1, -0.05) is 23.7 Å². The van der Waals surface area contributed by atoms with E-state index in [0.717, 1.165) is 11.3 Å². The summed E-state index contributed by atoms with van der Waals surface area (Å²) in [5, 5.41) is 6.20. The molecule has 3 rings (SSSR count). The number of thioether (sulfide) groups is 1. The zero-order valence-electron chi connectivity index (χ0n) is 18.8. The number of amides is 2. The van der Waals surface area contributed by atoms with Crippen LogP contribution in [-0.4, -0.2) is 38.3 Å². The van der Waals surface area contributed by atoms with Gasteiger partial charge in [0.1, 0.15) is 11.5 Å². The van der Waals surface area contributed by atoms with Crippen molar-refractivity contribution in [3.05, 3.63) is 88.5 Å². The Balaban J connectivity index is 1.61. The average Bonchev–Trinajstić information content (AvgIpc) is 3.36. The van der Waals surface area contributed by atoms with Gasteiger partial charge in [-0.15, -0.1) is 0 Å². The van der Waals surface area contributed by atoms with Gasteiger partial charge in [0.2, 0.25) is 0 Å². The van der Waals surface area contributed by atoms with Crippen molar-refractivity contribution in [1.82, 2.24) is 10.6 Å². The largest absolute Gasteiger partial charge is 0.493 e. The summed E-state index contributed by atoms with van der Waals surface area (Å²) in [5.41, 5.74) is 1.49. The molecule has 2 amide bonds. The van der Waals surface area contributed by atoms with Crippen LogP contribution in [0, 0.1) is 0 Å². The topological polar surface area (TPSA) is 89.8 Å². The standard InChI is InChI=1S/C25H25ClN2O5S/c1-31-22-9-8-18(14-23(22)32-2)24(29)28-21(15-20-7-4-11-33-20)25(30)27-10-12-34-16-17-5-3-6-19(26)13-17/h3-9,11,13-15H,10,12,16H2,1-2H3,(H,27,30)(H,28,29)/b21-15-. The molecule has 7 nitrogen and oxygen atoms in total. The zero-order valence-corrected chi connectivity index (χ0v) is 20.4. The summed E-state index contributed by atoms with van der Waals surface area (Å²) in [4.78, 5) is 25.7. The minimum atomic E-state index is -0.468. The highest BCUT2D eigenvalue weighted by Gasteiger charge is 2.17. The second kappa shape index (κ2) is 12.8. The number of furan rings is 1.